The van der Waals surface area contributed by atoms with E-state index >= 15 is 0 Å². The van der Waals surface area contributed by atoms with Gasteiger partial charge in [0.25, 0.3) is 0 Å². The second kappa shape index (κ2) is 6.45. The second-order valence-corrected chi connectivity index (χ2v) is 5.02. The maximum Gasteiger partial charge on any atom is 0.306 e. The van der Waals surface area contributed by atoms with Crippen molar-refractivity contribution in [2.75, 3.05) is 0 Å². The van der Waals surface area contributed by atoms with Crippen LogP contribution >= 0.6 is 0 Å². The molecule has 0 spiro atoms. The van der Waals surface area contributed by atoms with E-state index in [0.29, 0.717) is 12.0 Å². The molecule has 2 rings (SSSR count). The number of benzene rings is 1. The molecule has 1 saturated carbocycles. The molecule has 1 aromatic carbocycles. The molecule has 19 heavy (non-hydrogen) atoms. The summed E-state index contributed by atoms with van der Waals surface area (Å²) in [5.74, 6) is -0.217. The van der Waals surface area contributed by atoms with Gasteiger partial charge >= 0.3 is 5.97 Å². The largest absolute Gasteiger partial charge is 0.508 e. The molecule has 0 aromatic heterocycles. The van der Waals surface area contributed by atoms with Crippen molar-refractivity contribution >= 4 is 5.97 Å². The van der Waals surface area contributed by atoms with E-state index in [-0.39, 0.29) is 30.0 Å². The van der Waals surface area contributed by atoms with E-state index in [4.69, 9.17) is 4.74 Å². The number of hydrogen-bond acceptors (Lipinski definition) is 4. The maximum absolute atomic E-state index is 11.7. The monoisotopic (exact) mass is 264 g/mol. The van der Waals surface area contributed by atoms with Gasteiger partial charge in [0, 0.05) is 12.0 Å². The van der Waals surface area contributed by atoms with Crippen LogP contribution < -0.4 is 0 Å². The average molecular weight is 264 g/mol. The molecule has 4 heteroatoms. The molecule has 0 bridgehead atoms. The van der Waals surface area contributed by atoms with Crippen LogP contribution in [0.3, 0.4) is 0 Å². The first-order valence-corrected chi connectivity index (χ1v) is 6.86. The lowest BCUT2D eigenvalue weighted by Gasteiger charge is -2.21. The minimum atomic E-state index is -0.255. The van der Waals surface area contributed by atoms with Gasteiger partial charge in [0.05, 0.1) is 0 Å². The van der Waals surface area contributed by atoms with Crippen LogP contribution in [0.1, 0.15) is 44.1 Å². The van der Waals surface area contributed by atoms with Gasteiger partial charge in [-0.05, 0) is 44.2 Å². The quantitative estimate of drug-likeness (QED) is 0.821. The number of aromatic hydroxyl groups is 2. The Morgan fingerprint density at radius 3 is 2.42 bits per heavy atom. The predicted octanol–water partition coefficient (Wildman–Crippen LogP) is 2.91. The van der Waals surface area contributed by atoms with Crippen molar-refractivity contribution < 1.29 is 19.7 Å². The smallest absolute Gasteiger partial charge is 0.306 e. The number of rotatable bonds is 4. The summed E-state index contributed by atoms with van der Waals surface area (Å²) in [6.07, 6.45) is 5.91. The van der Waals surface area contributed by atoms with E-state index in [1.165, 1.54) is 18.6 Å². The molecule has 0 heterocycles. The number of phenolic OH excluding ortho intramolecular Hbond substituents is 2. The molecule has 0 amide bonds. The molecule has 0 radical (unpaired) electrons. The van der Waals surface area contributed by atoms with E-state index in [2.05, 4.69) is 0 Å². The second-order valence-electron chi connectivity index (χ2n) is 5.02. The van der Waals surface area contributed by atoms with Gasteiger partial charge in [0.15, 0.2) is 0 Å². The summed E-state index contributed by atoms with van der Waals surface area (Å²) in [5.41, 5.74) is 0.406. The summed E-state index contributed by atoms with van der Waals surface area (Å²) in [5, 5.41) is 19.2. The first-order chi connectivity index (χ1) is 9.16. The third-order valence-electron chi connectivity index (χ3n) is 3.56. The number of phenols is 2. The van der Waals surface area contributed by atoms with Crippen LogP contribution in [0.2, 0.25) is 0 Å². The van der Waals surface area contributed by atoms with Crippen molar-refractivity contribution in [2.24, 2.45) is 0 Å². The Kier molecular flexibility index (Phi) is 4.66. The van der Waals surface area contributed by atoms with Gasteiger partial charge in [-0.15, -0.1) is 0 Å². The topological polar surface area (TPSA) is 66.8 Å². The van der Waals surface area contributed by atoms with Crippen molar-refractivity contribution in [3.63, 3.8) is 0 Å². The van der Waals surface area contributed by atoms with Gasteiger partial charge in [0.1, 0.15) is 17.6 Å². The number of esters is 1. The molecule has 1 aliphatic carbocycles. The fourth-order valence-electron chi connectivity index (χ4n) is 2.47. The maximum atomic E-state index is 11.7. The number of hydrogen-bond donors (Lipinski definition) is 2. The lowest BCUT2D eigenvalue weighted by atomic mass is 9.98. The third kappa shape index (κ3) is 3.88. The van der Waals surface area contributed by atoms with E-state index < -0.39 is 0 Å². The molecule has 0 atom stereocenters. The molecule has 1 aromatic rings. The van der Waals surface area contributed by atoms with Crippen molar-refractivity contribution in [1.29, 1.82) is 0 Å². The molecular formula is C15H20O4. The lowest BCUT2D eigenvalue weighted by Crippen LogP contribution is -2.21. The Bertz CT molecular complexity index is 416. The van der Waals surface area contributed by atoms with Crippen LogP contribution in [-0.4, -0.2) is 22.3 Å². The highest BCUT2D eigenvalue weighted by molar-refractivity contribution is 5.70. The van der Waals surface area contributed by atoms with E-state index in [9.17, 15) is 15.0 Å². The fraction of sp³-hybridized carbons (Fsp3) is 0.533. The highest BCUT2D eigenvalue weighted by atomic mass is 16.5. The Labute approximate surface area is 113 Å². The molecule has 0 aliphatic heterocycles. The van der Waals surface area contributed by atoms with Crippen molar-refractivity contribution in [3.8, 4) is 11.5 Å². The Morgan fingerprint density at radius 2 is 1.79 bits per heavy atom. The summed E-state index contributed by atoms with van der Waals surface area (Å²) in [6, 6.07) is 4.57. The number of carbonyl (C=O) groups excluding carboxylic acids is 1. The summed E-state index contributed by atoms with van der Waals surface area (Å²) in [7, 11) is 0. The third-order valence-corrected chi connectivity index (χ3v) is 3.56. The van der Waals surface area contributed by atoms with Crippen LogP contribution in [0, 0.1) is 0 Å². The van der Waals surface area contributed by atoms with Gasteiger partial charge in [-0.2, -0.15) is 0 Å². The summed E-state index contributed by atoms with van der Waals surface area (Å²) < 4.78 is 5.39. The van der Waals surface area contributed by atoms with Crippen LogP contribution in [0.25, 0.3) is 0 Å². The molecule has 4 nitrogen and oxygen atoms in total. The summed E-state index contributed by atoms with van der Waals surface area (Å²) in [6.45, 7) is 0. The number of carbonyl (C=O) groups is 1. The molecule has 2 N–H and O–H groups in total. The average Bonchev–Trinajstić information content (AvgIpc) is 2.39. The van der Waals surface area contributed by atoms with Gasteiger partial charge in [-0.3, -0.25) is 4.79 Å². The molecule has 1 aliphatic rings. The Balaban J connectivity index is 1.83. The molecular weight excluding hydrogens is 244 g/mol. The number of ether oxygens (including phenoxy) is 1. The Hall–Kier alpha value is -1.71. The van der Waals surface area contributed by atoms with Crippen LogP contribution in [0.5, 0.6) is 11.5 Å². The molecule has 104 valence electrons. The zero-order chi connectivity index (χ0) is 13.7. The van der Waals surface area contributed by atoms with Gasteiger partial charge in [-0.1, -0.05) is 12.5 Å². The first kappa shape index (κ1) is 13.7. The van der Waals surface area contributed by atoms with Crippen molar-refractivity contribution in [1.82, 2.24) is 0 Å². The van der Waals surface area contributed by atoms with Crippen LogP contribution in [0.4, 0.5) is 0 Å². The molecule has 0 unspecified atom stereocenters. The lowest BCUT2D eigenvalue weighted by molar-refractivity contribution is -0.150. The van der Waals surface area contributed by atoms with Crippen LogP contribution in [0.15, 0.2) is 18.2 Å². The zero-order valence-electron chi connectivity index (χ0n) is 11.0. The van der Waals surface area contributed by atoms with Gasteiger partial charge in [-0.25, -0.2) is 0 Å². The minimum Gasteiger partial charge on any atom is -0.508 e. The zero-order valence-corrected chi connectivity index (χ0v) is 11.0. The van der Waals surface area contributed by atoms with Gasteiger partial charge in [0.2, 0.25) is 0 Å². The highest BCUT2D eigenvalue weighted by Gasteiger charge is 2.18. The fourth-order valence-corrected chi connectivity index (χ4v) is 2.47. The predicted molar refractivity (Wildman–Crippen MR) is 71.1 cm³/mol. The molecule has 0 saturated heterocycles. The normalized spacial score (nSPS) is 16.2. The molecule has 1 fully saturated rings. The van der Waals surface area contributed by atoms with Crippen molar-refractivity contribution in [2.45, 2.75) is 51.0 Å². The minimum absolute atomic E-state index is 0.0190. The standard InChI is InChI=1S/C15H20O4/c16-13-7-4-8-14(17)12(13)9-10-15(18)19-11-5-2-1-3-6-11/h4,7-8,11,16-17H,1-3,5-6,9-10H2. The van der Waals surface area contributed by atoms with E-state index in [1.54, 1.807) is 6.07 Å². The van der Waals surface area contributed by atoms with E-state index in [1.807, 2.05) is 0 Å². The van der Waals surface area contributed by atoms with Gasteiger partial charge < -0.3 is 14.9 Å². The van der Waals surface area contributed by atoms with E-state index in [0.717, 1.165) is 25.7 Å². The first-order valence-electron chi connectivity index (χ1n) is 6.86. The summed E-state index contributed by atoms with van der Waals surface area (Å²) in [4.78, 5) is 11.7. The summed E-state index contributed by atoms with van der Waals surface area (Å²) >= 11 is 0. The van der Waals surface area contributed by atoms with Crippen molar-refractivity contribution in [3.05, 3.63) is 23.8 Å². The Morgan fingerprint density at radius 1 is 1.16 bits per heavy atom. The van der Waals surface area contributed by atoms with Crippen LogP contribution in [-0.2, 0) is 16.0 Å². The SMILES string of the molecule is O=C(CCc1c(O)cccc1O)OC1CCCCC1. The highest BCUT2D eigenvalue weighted by Crippen LogP contribution is 2.28.